The predicted molar refractivity (Wildman–Crippen MR) is 86.7 cm³/mol. The first kappa shape index (κ1) is 16.2. The van der Waals surface area contributed by atoms with Crippen LogP contribution in [0.4, 0.5) is 5.82 Å². The van der Waals surface area contributed by atoms with Gasteiger partial charge in [0.2, 0.25) is 11.8 Å². The Bertz CT molecular complexity index is 621. The van der Waals surface area contributed by atoms with Gasteiger partial charge in [-0.15, -0.1) is 0 Å². The van der Waals surface area contributed by atoms with E-state index >= 15 is 0 Å². The van der Waals surface area contributed by atoms with Gasteiger partial charge in [-0.3, -0.25) is 9.59 Å². The molecule has 0 spiro atoms. The Kier molecular flexibility index (Phi) is 5.71. The topological polar surface area (TPSA) is 76.0 Å². The van der Waals surface area contributed by atoms with Crippen molar-refractivity contribution < 1.29 is 9.59 Å². The highest BCUT2D eigenvalue weighted by atomic mass is 32.1. The van der Waals surface area contributed by atoms with Crippen molar-refractivity contribution in [2.24, 2.45) is 5.92 Å². The molecule has 2 N–H and O–H groups in total. The summed E-state index contributed by atoms with van der Waals surface area (Å²) in [4.78, 5) is 23.6. The molecule has 2 heterocycles. The van der Waals surface area contributed by atoms with Crippen LogP contribution in [-0.2, 0) is 16.1 Å². The molecule has 1 atom stereocenters. The number of carbonyl (C=O) groups excluding carboxylic acids is 2. The quantitative estimate of drug-likeness (QED) is 0.820. The number of thiophene rings is 1. The standard InChI is InChI=1S/C15H20N4O2S/c1-3-11(2)15(21)16-8-14(20)18-13-4-6-17-19(13)9-12-5-7-22-10-12/h4-7,10-11H,3,8-9H2,1-2H3,(H,16,21)(H,18,20)/t11-/m0/s1. The van der Waals surface area contributed by atoms with E-state index in [0.29, 0.717) is 12.4 Å². The van der Waals surface area contributed by atoms with E-state index in [1.165, 1.54) is 0 Å². The molecule has 2 rings (SSSR count). The summed E-state index contributed by atoms with van der Waals surface area (Å²) in [5, 5.41) is 13.6. The van der Waals surface area contributed by atoms with E-state index in [-0.39, 0.29) is 24.3 Å². The Hall–Kier alpha value is -2.15. The van der Waals surface area contributed by atoms with Crippen LogP contribution < -0.4 is 10.6 Å². The highest BCUT2D eigenvalue weighted by Crippen LogP contribution is 2.12. The molecule has 118 valence electrons. The van der Waals surface area contributed by atoms with E-state index in [4.69, 9.17) is 0 Å². The number of hydrogen-bond donors (Lipinski definition) is 2. The Balaban J connectivity index is 1.87. The van der Waals surface area contributed by atoms with Gasteiger partial charge in [-0.25, -0.2) is 4.68 Å². The first-order valence-electron chi connectivity index (χ1n) is 7.20. The zero-order valence-electron chi connectivity index (χ0n) is 12.7. The molecule has 0 saturated carbocycles. The Morgan fingerprint density at radius 1 is 1.41 bits per heavy atom. The lowest BCUT2D eigenvalue weighted by Gasteiger charge is -2.11. The minimum atomic E-state index is -0.260. The highest BCUT2D eigenvalue weighted by Gasteiger charge is 2.13. The van der Waals surface area contributed by atoms with Crippen molar-refractivity contribution in [3.8, 4) is 0 Å². The van der Waals surface area contributed by atoms with E-state index in [1.807, 2.05) is 30.7 Å². The number of anilines is 1. The van der Waals surface area contributed by atoms with Gasteiger partial charge in [-0.05, 0) is 28.8 Å². The van der Waals surface area contributed by atoms with Gasteiger partial charge >= 0.3 is 0 Å². The van der Waals surface area contributed by atoms with Crippen LogP contribution in [0.3, 0.4) is 0 Å². The molecule has 0 aliphatic rings. The molecule has 2 aromatic rings. The summed E-state index contributed by atoms with van der Waals surface area (Å²) in [6.45, 7) is 4.34. The van der Waals surface area contributed by atoms with Crippen molar-refractivity contribution in [3.63, 3.8) is 0 Å². The molecule has 0 unspecified atom stereocenters. The summed E-state index contributed by atoms with van der Waals surface area (Å²) in [6, 6.07) is 3.76. The Morgan fingerprint density at radius 3 is 2.91 bits per heavy atom. The van der Waals surface area contributed by atoms with E-state index in [1.54, 1.807) is 28.3 Å². The zero-order chi connectivity index (χ0) is 15.9. The van der Waals surface area contributed by atoms with Crippen molar-refractivity contribution in [1.29, 1.82) is 0 Å². The summed E-state index contributed by atoms with van der Waals surface area (Å²) >= 11 is 1.62. The summed E-state index contributed by atoms with van der Waals surface area (Å²) in [7, 11) is 0. The van der Waals surface area contributed by atoms with Gasteiger partial charge < -0.3 is 10.6 Å². The normalized spacial score (nSPS) is 11.9. The van der Waals surface area contributed by atoms with Crippen LogP contribution in [0.2, 0.25) is 0 Å². The number of nitrogens with zero attached hydrogens (tertiary/aromatic N) is 2. The molecule has 6 nitrogen and oxygen atoms in total. The van der Waals surface area contributed by atoms with Crippen LogP contribution >= 0.6 is 11.3 Å². The smallest absolute Gasteiger partial charge is 0.244 e. The van der Waals surface area contributed by atoms with E-state index < -0.39 is 0 Å². The van der Waals surface area contributed by atoms with Crippen molar-refractivity contribution in [1.82, 2.24) is 15.1 Å². The van der Waals surface area contributed by atoms with Gasteiger partial charge in [-0.1, -0.05) is 13.8 Å². The largest absolute Gasteiger partial charge is 0.347 e. The Labute approximate surface area is 133 Å². The number of amides is 2. The number of hydrogen-bond acceptors (Lipinski definition) is 4. The van der Waals surface area contributed by atoms with Crippen LogP contribution in [0.1, 0.15) is 25.8 Å². The molecule has 0 bridgehead atoms. The third-order valence-electron chi connectivity index (χ3n) is 3.38. The van der Waals surface area contributed by atoms with E-state index in [9.17, 15) is 9.59 Å². The minimum absolute atomic E-state index is 0.0349. The molecular formula is C15H20N4O2S. The second-order valence-electron chi connectivity index (χ2n) is 5.08. The van der Waals surface area contributed by atoms with Crippen LogP contribution in [0.15, 0.2) is 29.1 Å². The molecule has 0 fully saturated rings. The van der Waals surface area contributed by atoms with Crippen molar-refractivity contribution in [3.05, 3.63) is 34.7 Å². The summed E-state index contributed by atoms with van der Waals surface area (Å²) in [5.41, 5.74) is 1.13. The first-order valence-corrected chi connectivity index (χ1v) is 8.15. The highest BCUT2D eigenvalue weighted by molar-refractivity contribution is 7.07. The number of rotatable bonds is 7. The molecule has 2 aromatic heterocycles. The predicted octanol–water partition coefficient (Wildman–Crippen LogP) is 2.09. The molecule has 0 aromatic carbocycles. The van der Waals surface area contributed by atoms with Gasteiger partial charge in [-0.2, -0.15) is 16.4 Å². The number of nitrogens with one attached hydrogen (secondary N) is 2. The van der Waals surface area contributed by atoms with E-state index in [2.05, 4.69) is 15.7 Å². The van der Waals surface area contributed by atoms with Crippen LogP contribution in [-0.4, -0.2) is 28.1 Å². The molecule has 2 amide bonds. The van der Waals surface area contributed by atoms with Crippen LogP contribution in [0.25, 0.3) is 0 Å². The average molecular weight is 320 g/mol. The second kappa shape index (κ2) is 7.74. The van der Waals surface area contributed by atoms with Gasteiger partial charge in [0, 0.05) is 12.0 Å². The number of carbonyl (C=O) groups is 2. The molecule has 0 radical (unpaired) electrons. The molecule has 22 heavy (non-hydrogen) atoms. The van der Waals surface area contributed by atoms with Gasteiger partial charge in [0.25, 0.3) is 0 Å². The lowest BCUT2D eigenvalue weighted by Crippen LogP contribution is -2.36. The summed E-state index contributed by atoms with van der Waals surface area (Å²) < 4.78 is 1.72. The van der Waals surface area contributed by atoms with Gasteiger partial charge in [0.1, 0.15) is 5.82 Å². The van der Waals surface area contributed by atoms with Crippen molar-refractivity contribution in [2.75, 3.05) is 11.9 Å². The third-order valence-corrected chi connectivity index (χ3v) is 4.11. The first-order chi connectivity index (χ1) is 10.6. The maximum Gasteiger partial charge on any atom is 0.244 e. The second-order valence-corrected chi connectivity index (χ2v) is 5.86. The fourth-order valence-electron chi connectivity index (χ4n) is 1.83. The third kappa shape index (κ3) is 4.42. The monoisotopic (exact) mass is 320 g/mol. The Morgan fingerprint density at radius 2 is 2.23 bits per heavy atom. The molecule has 0 aliphatic carbocycles. The minimum Gasteiger partial charge on any atom is -0.347 e. The summed E-state index contributed by atoms with van der Waals surface area (Å²) in [5.74, 6) is 0.166. The lowest BCUT2D eigenvalue weighted by atomic mass is 10.1. The van der Waals surface area contributed by atoms with Crippen molar-refractivity contribution in [2.45, 2.75) is 26.8 Å². The molecule has 0 aliphatic heterocycles. The summed E-state index contributed by atoms with van der Waals surface area (Å²) in [6.07, 6.45) is 2.39. The van der Waals surface area contributed by atoms with Crippen LogP contribution in [0.5, 0.6) is 0 Å². The maximum atomic E-state index is 11.9. The van der Waals surface area contributed by atoms with Crippen LogP contribution in [0, 0.1) is 5.92 Å². The molecular weight excluding hydrogens is 300 g/mol. The fourth-order valence-corrected chi connectivity index (χ4v) is 2.49. The van der Waals surface area contributed by atoms with E-state index in [0.717, 1.165) is 12.0 Å². The van der Waals surface area contributed by atoms with Gasteiger partial charge in [0.05, 0.1) is 19.3 Å². The van der Waals surface area contributed by atoms with Gasteiger partial charge in [0.15, 0.2) is 0 Å². The maximum absolute atomic E-state index is 11.9. The number of aromatic nitrogens is 2. The zero-order valence-corrected chi connectivity index (χ0v) is 13.5. The molecule has 0 saturated heterocycles. The average Bonchev–Trinajstić information content (AvgIpc) is 3.17. The molecule has 7 heteroatoms. The fraction of sp³-hybridized carbons (Fsp3) is 0.400. The SMILES string of the molecule is CC[C@H](C)C(=O)NCC(=O)Nc1ccnn1Cc1ccsc1. The van der Waals surface area contributed by atoms with Crippen molar-refractivity contribution >= 4 is 29.0 Å². The lowest BCUT2D eigenvalue weighted by molar-refractivity contribution is -0.126.